The highest BCUT2D eigenvalue weighted by Gasteiger charge is 2.25. The Hall–Kier alpha value is -0.660. The van der Waals surface area contributed by atoms with Gasteiger partial charge >= 0.3 is 0 Å². The summed E-state index contributed by atoms with van der Waals surface area (Å²) in [6.45, 7) is 11.8. The van der Waals surface area contributed by atoms with E-state index in [1.54, 1.807) is 0 Å². The van der Waals surface area contributed by atoms with Crippen LogP contribution in [0, 0.1) is 0 Å². The van der Waals surface area contributed by atoms with Gasteiger partial charge in [-0.1, -0.05) is 0 Å². The number of ether oxygens (including phenoxy) is 1. The van der Waals surface area contributed by atoms with E-state index in [-0.39, 0.29) is 18.3 Å². The van der Waals surface area contributed by atoms with Crippen LogP contribution in [0.5, 0.6) is 0 Å². The van der Waals surface area contributed by atoms with Gasteiger partial charge in [-0.2, -0.15) is 0 Å². The average molecular weight is 340 g/mol. The Labute approximate surface area is 143 Å². The van der Waals surface area contributed by atoms with Crippen molar-refractivity contribution in [2.75, 3.05) is 57.3 Å². The Morgan fingerprint density at radius 3 is 2.39 bits per heavy atom. The van der Waals surface area contributed by atoms with Crippen LogP contribution in [-0.2, 0) is 4.74 Å². The second-order valence-corrected chi connectivity index (χ2v) is 7.79. The van der Waals surface area contributed by atoms with E-state index in [4.69, 9.17) is 4.74 Å². The van der Waals surface area contributed by atoms with Crippen LogP contribution < -0.4 is 4.90 Å². The molecule has 3 rings (SSSR count). The largest absolute Gasteiger partial charge is 0.390 e. The lowest BCUT2D eigenvalue weighted by Gasteiger charge is -2.39. The second-order valence-electron chi connectivity index (χ2n) is 6.87. The predicted octanol–water partition coefficient (Wildman–Crippen LogP) is 1.34. The van der Waals surface area contributed by atoms with Crippen LogP contribution in [0.25, 0.3) is 0 Å². The van der Waals surface area contributed by atoms with E-state index in [1.807, 2.05) is 11.3 Å². The quantitative estimate of drug-likeness (QED) is 0.877. The number of hydrogen-bond donors (Lipinski definition) is 1. The Bertz CT molecular complexity index is 452. The first kappa shape index (κ1) is 17.2. The summed E-state index contributed by atoms with van der Waals surface area (Å²) in [6.07, 6.45) is 0.251. The number of β-amino-alcohol motifs (C(OH)–C–C–N with tert-alkyl or cyclic N) is 1. The molecule has 0 aromatic carbocycles. The maximum Gasteiger partial charge on any atom is 0.0909 e. The molecule has 2 aliphatic heterocycles. The van der Waals surface area contributed by atoms with Gasteiger partial charge in [-0.3, -0.25) is 9.80 Å². The van der Waals surface area contributed by atoms with Gasteiger partial charge in [0.05, 0.1) is 23.3 Å². The van der Waals surface area contributed by atoms with E-state index < -0.39 is 0 Å². The molecule has 0 spiro atoms. The third kappa shape index (κ3) is 4.90. The Morgan fingerprint density at radius 2 is 1.78 bits per heavy atom. The summed E-state index contributed by atoms with van der Waals surface area (Å²) in [4.78, 5) is 7.17. The van der Waals surface area contributed by atoms with E-state index in [0.717, 1.165) is 52.4 Å². The van der Waals surface area contributed by atoms with Crippen molar-refractivity contribution in [2.24, 2.45) is 0 Å². The van der Waals surface area contributed by atoms with Gasteiger partial charge in [-0.05, 0) is 31.4 Å². The summed E-state index contributed by atoms with van der Waals surface area (Å²) in [6, 6.07) is 4.30. The summed E-state index contributed by atoms with van der Waals surface area (Å²) in [5, 5.41) is 13.9. The molecule has 2 aliphatic rings. The number of aliphatic hydroxyl groups is 1. The average Bonchev–Trinajstić information content (AvgIpc) is 3.01. The summed E-state index contributed by atoms with van der Waals surface area (Å²) in [5.74, 6) is 0. The standard InChI is InChI=1S/C17H29N3O2S/c1-14-10-19(11-15(2)22-14)13-16(21)12-18-5-7-20(8-6-18)17-4-3-9-23-17/h3-4,9,14-16,21H,5-8,10-13H2,1-2H3. The number of thiophene rings is 1. The van der Waals surface area contributed by atoms with Gasteiger partial charge in [0.2, 0.25) is 0 Å². The molecule has 2 fully saturated rings. The summed E-state index contributed by atoms with van der Waals surface area (Å²) < 4.78 is 5.76. The van der Waals surface area contributed by atoms with Crippen molar-refractivity contribution >= 4 is 16.3 Å². The predicted molar refractivity (Wildman–Crippen MR) is 95.4 cm³/mol. The van der Waals surface area contributed by atoms with Crippen molar-refractivity contribution in [3.63, 3.8) is 0 Å². The number of nitrogens with zero attached hydrogens (tertiary/aromatic N) is 3. The number of rotatable bonds is 5. The van der Waals surface area contributed by atoms with E-state index in [0.29, 0.717) is 0 Å². The molecule has 2 saturated heterocycles. The Kier molecular flexibility index (Phi) is 5.93. The lowest BCUT2D eigenvalue weighted by Crippen LogP contribution is -2.52. The van der Waals surface area contributed by atoms with E-state index in [1.165, 1.54) is 5.00 Å². The van der Waals surface area contributed by atoms with Crippen LogP contribution in [0.1, 0.15) is 13.8 Å². The fourth-order valence-electron chi connectivity index (χ4n) is 3.69. The first-order chi connectivity index (χ1) is 11.1. The van der Waals surface area contributed by atoms with Crippen molar-refractivity contribution in [1.82, 2.24) is 9.80 Å². The third-order valence-electron chi connectivity index (χ3n) is 4.62. The first-order valence-electron chi connectivity index (χ1n) is 8.67. The van der Waals surface area contributed by atoms with Crippen LogP contribution >= 0.6 is 11.3 Å². The highest BCUT2D eigenvalue weighted by Crippen LogP contribution is 2.22. The number of hydrogen-bond acceptors (Lipinski definition) is 6. The normalized spacial score (nSPS) is 28.9. The molecular formula is C17H29N3O2S. The monoisotopic (exact) mass is 339 g/mol. The third-order valence-corrected chi connectivity index (χ3v) is 5.55. The molecule has 130 valence electrons. The van der Waals surface area contributed by atoms with E-state index in [9.17, 15) is 5.11 Å². The lowest BCUT2D eigenvalue weighted by atomic mass is 10.2. The zero-order valence-electron chi connectivity index (χ0n) is 14.2. The van der Waals surface area contributed by atoms with Gasteiger partial charge in [-0.25, -0.2) is 0 Å². The molecule has 0 saturated carbocycles. The van der Waals surface area contributed by atoms with Crippen molar-refractivity contribution in [2.45, 2.75) is 32.2 Å². The SMILES string of the molecule is CC1CN(CC(O)CN2CCN(c3cccs3)CC2)CC(C)O1. The van der Waals surface area contributed by atoms with Crippen molar-refractivity contribution in [3.05, 3.63) is 17.5 Å². The van der Waals surface area contributed by atoms with Crippen molar-refractivity contribution in [3.8, 4) is 0 Å². The highest BCUT2D eigenvalue weighted by atomic mass is 32.1. The molecule has 0 radical (unpaired) electrons. The van der Waals surface area contributed by atoms with Crippen LogP contribution in [-0.4, -0.2) is 85.6 Å². The minimum atomic E-state index is -0.277. The molecule has 1 aromatic rings. The zero-order chi connectivity index (χ0) is 16.2. The molecular weight excluding hydrogens is 310 g/mol. The summed E-state index contributed by atoms with van der Waals surface area (Å²) in [5.41, 5.74) is 0. The number of piperazine rings is 1. The zero-order valence-corrected chi connectivity index (χ0v) is 15.0. The topological polar surface area (TPSA) is 39.2 Å². The molecule has 1 N–H and O–H groups in total. The molecule has 1 aromatic heterocycles. The van der Waals surface area contributed by atoms with Gasteiger partial charge in [-0.15, -0.1) is 11.3 Å². The minimum Gasteiger partial charge on any atom is -0.390 e. The van der Waals surface area contributed by atoms with Crippen LogP contribution in [0.15, 0.2) is 17.5 Å². The smallest absolute Gasteiger partial charge is 0.0909 e. The molecule has 0 amide bonds. The van der Waals surface area contributed by atoms with Crippen LogP contribution in [0.3, 0.4) is 0 Å². The van der Waals surface area contributed by atoms with Crippen LogP contribution in [0.4, 0.5) is 5.00 Å². The van der Waals surface area contributed by atoms with Gasteiger partial charge in [0.1, 0.15) is 0 Å². The van der Waals surface area contributed by atoms with Crippen molar-refractivity contribution in [1.29, 1.82) is 0 Å². The lowest BCUT2D eigenvalue weighted by molar-refractivity contribution is -0.0780. The number of aliphatic hydroxyl groups excluding tert-OH is 1. The molecule has 5 nitrogen and oxygen atoms in total. The summed E-state index contributed by atoms with van der Waals surface area (Å²) in [7, 11) is 0. The fourth-order valence-corrected chi connectivity index (χ4v) is 4.47. The first-order valence-corrected chi connectivity index (χ1v) is 9.55. The molecule has 0 aliphatic carbocycles. The molecule has 3 unspecified atom stereocenters. The van der Waals surface area contributed by atoms with Gasteiger partial charge in [0, 0.05) is 52.4 Å². The maximum atomic E-state index is 10.4. The minimum absolute atomic E-state index is 0.264. The fraction of sp³-hybridized carbons (Fsp3) is 0.765. The van der Waals surface area contributed by atoms with Crippen molar-refractivity contribution < 1.29 is 9.84 Å². The molecule has 3 atom stereocenters. The van der Waals surface area contributed by atoms with E-state index >= 15 is 0 Å². The van der Waals surface area contributed by atoms with Gasteiger partial charge < -0.3 is 14.7 Å². The Morgan fingerprint density at radius 1 is 1.13 bits per heavy atom. The van der Waals surface area contributed by atoms with Gasteiger partial charge in [0.25, 0.3) is 0 Å². The van der Waals surface area contributed by atoms with E-state index in [2.05, 4.69) is 46.1 Å². The second kappa shape index (κ2) is 7.94. The Balaban J connectivity index is 1.40. The molecule has 3 heterocycles. The van der Waals surface area contributed by atoms with Gasteiger partial charge in [0.15, 0.2) is 0 Å². The summed E-state index contributed by atoms with van der Waals surface area (Å²) >= 11 is 1.81. The van der Waals surface area contributed by atoms with Crippen LogP contribution in [0.2, 0.25) is 0 Å². The number of morpholine rings is 1. The molecule has 23 heavy (non-hydrogen) atoms. The molecule has 6 heteroatoms. The molecule has 0 bridgehead atoms. The number of anilines is 1. The highest BCUT2D eigenvalue weighted by molar-refractivity contribution is 7.14. The maximum absolute atomic E-state index is 10.4.